The molecule has 51 heavy (non-hydrogen) atoms. The average Bonchev–Trinajstić information content (AvgIpc) is 3.12. The van der Waals surface area contributed by atoms with E-state index < -0.39 is 18.2 Å². The zero-order valence-corrected chi connectivity index (χ0v) is 34.5. The quantitative estimate of drug-likeness (QED) is 0.0431. The first kappa shape index (κ1) is 49.9. The van der Waals surface area contributed by atoms with Crippen molar-refractivity contribution in [2.24, 2.45) is 0 Å². The molecule has 0 bridgehead atoms. The highest BCUT2D eigenvalue weighted by Crippen LogP contribution is 2.18. The number of nitrogens with one attached hydrogen (secondary N) is 1. The van der Waals surface area contributed by atoms with Gasteiger partial charge in [0.25, 0.3) is 0 Å². The van der Waals surface area contributed by atoms with Crippen LogP contribution >= 0.6 is 0 Å². The zero-order valence-electron chi connectivity index (χ0n) is 34.5. The van der Waals surface area contributed by atoms with Crippen molar-refractivity contribution in [3.8, 4) is 0 Å². The molecule has 0 aromatic heterocycles. The molecule has 6 nitrogen and oxygen atoms in total. The number of ether oxygens (including phenoxy) is 1. The molecular formula is C45H89NO5. The molecule has 0 aliphatic carbocycles. The second-order valence-electron chi connectivity index (χ2n) is 15.8. The summed E-state index contributed by atoms with van der Waals surface area (Å²) in [7, 11) is 0. The minimum absolute atomic E-state index is 0.0853. The number of carbonyl (C=O) groups excluding carboxylic acids is 2. The Morgan fingerprint density at radius 1 is 0.490 bits per heavy atom. The molecule has 0 aromatic rings. The normalized spacial score (nSPS) is 13.3. The molecule has 1 amide bonds. The Balaban J connectivity index is 4.40. The third-order valence-electron chi connectivity index (χ3n) is 10.7. The Hall–Kier alpha value is -1.14. The molecule has 304 valence electrons. The van der Waals surface area contributed by atoms with Gasteiger partial charge in [0.15, 0.2) is 0 Å². The maximum atomic E-state index is 13.1. The van der Waals surface area contributed by atoms with E-state index in [0.717, 1.165) is 44.9 Å². The number of hydrogen-bond acceptors (Lipinski definition) is 5. The molecule has 3 N–H and O–H groups in total. The maximum absolute atomic E-state index is 13.1. The second-order valence-corrected chi connectivity index (χ2v) is 15.8. The summed E-state index contributed by atoms with van der Waals surface area (Å²) in [5.74, 6) is -0.464. The highest BCUT2D eigenvalue weighted by atomic mass is 16.5. The van der Waals surface area contributed by atoms with Gasteiger partial charge in [0, 0.05) is 6.42 Å². The van der Waals surface area contributed by atoms with Crippen molar-refractivity contribution in [2.45, 2.75) is 270 Å². The van der Waals surface area contributed by atoms with E-state index in [2.05, 4.69) is 26.1 Å². The summed E-state index contributed by atoms with van der Waals surface area (Å²) in [6.45, 7) is 6.45. The van der Waals surface area contributed by atoms with Crippen molar-refractivity contribution in [1.82, 2.24) is 5.32 Å². The van der Waals surface area contributed by atoms with Gasteiger partial charge in [-0.3, -0.25) is 9.59 Å². The molecule has 3 unspecified atom stereocenters. The van der Waals surface area contributed by atoms with Gasteiger partial charge >= 0.3 is 5.97 Å². The predicted octanol–water partition coefficient (Wildman–Crippen LogP) is 12.8. The number of rotatable bonds is 41. The summed E-state index contributed by atoms with van der Waals surface area (Å²) < 4.78 is 5.87. The van der Waals surface area contributed by atoms with Gasteiger partial charge in [0.05, 0.1) is 25.2 Å². The molecule has 0 fully saturated rings. The van der Waals surface area contributed by atoms with E-state index in [4.69, 9.17) is 4.74 Å². The third-order valence-corrected chi connectivity index (χ3v) is 10.7. The van der Waals surface area contributed by atoms with Gasteiger partial charge in [0.2, 0.25) is 5.91 Å². The summed E-state index contributed by atoms with van der Waals surface area (Å²) in [5.41, 5.74) is 0. The number of unbranched alkanes of at least 4 members (excludes halogenated alkanes) is 29. The van der Waals surface area contributed by atoms with Gasteiger partial charge in [-0.2, -0.15) is 0 Å². The first-order valence-electron chi connectivity index (χ1n) is 22.8. The van der Waals surface area contributed by atoms with Crippen molar-refractivity contribution < 1.29 is 24.5 Å². The molecule has 3 atom stereocenters. The molecule has 0 aromatic carbocycles. The van der Waals surface area contributed by atoms with E-state index >= 15 is 0 Å². The summed E-state index contributed by atoms with van der Waals surface area (Å²) in [4.78, 5) is 25.8. The van der Waals surface area contributed by atoms with Crippen molar-refractivity contribution in [1.29, 1.82) is 0 Å². The largest absolute Gasteiger partial charge is 0.462 e. The maximum Gasteiger partial charge on any atom is 0.306 e. The minimum Gasteiger partial charge on any atom is -0.462 e. The molecule has 0 saturated carbocycles. The summed E-state index contributed by atoms with van der Waals surface area (Å²) in [6.07, 6.45) is 40.3. The standard InChI is InChI=1S/C45H89NO5/c1-4-7-10-13-16-18-20-22-23-25-28-31-34-37-43(48)42(40-47)46-44(49)39-41(36-33-30-27-15-12-9-6-3)51-45(50)38-35-32-29-26-24-21-19-17-14-11-8-5-2/h41-43,47-48H,4-40H2,1-3H3,(H,46,49). The number of amides is 1. The minimum atomic E-state index is -0.776. The van der Waals surface area contributed by atoms with E-state index in [1.54, 1.807) is 0 Å². The van der Waals surface area contributed by atoms with Crippen molar-refractivity contribution in [3.05, 3.63) is 0 Å². The molecule has 6 heteroatoms. The van der Waals surface area contributed by atoms with Gasteiger partial charge in [-0.15, -0.1) is 0 Å². The lowest BCUT2D eigenvalue weighted by molar-refractivity contribution is -0.151. The topological polar surface area (TPSA) is 95.9 Å². The van der Waals surface area contributed by atoms with E-state index in [9.17, 15) is 19.8 Å². The van der Waals surface area contributed by atoms with Crippen LogP contribution in [-0.2, 0) is 14.3 Å². The van der Waals surface area contributed by atoms with Crippen LogP contribution in [0.25, 0.3) is 0 Å². The van der Waals surface area contributed by atoms with Crippen LogP contribution in [-0.4, -0.2) is 46.9 Å². The predicted molar refractivity (Wildman–Crippen MR) is 218 cm³/mol. The van der Waals surface area contributed by atoms with Crippen molar-refractivity contribution >= 4 is 11.9 Å². The number of carbonyl (C=O) groups is 2. The van der Waals surface area contributed by atoms with Crippen LogP contribution in [0.15, 0.2) is 0 Å². The lowest BCUT2D eigenvalue weighted by atomic mass is 10.0. The lowest BCUT2D eigenvalue weighted by Crippen LogP contribution is -2.46. The Labute approximate surface area is 317 Å². The molecule has 0 aliphatic heterocycles. The fraction of sp³-hybridized carbons (Fsp3) is 0.956. The SMILES string of the molecule is CCCCCCCCCCCCCCCC(O)C(CO)NC(=O)CC(CCCCCCCCC)OC(=O)CCCCCCCCCCCCCC. The second kappa shape index (κ2) is 40.1. The van der Waals surface area contributed by atoms with Gasteiger partial charge in [-0.1, -0.05) is 213 Å². The van der Waals surface area contributed by atoms with Gasteiger partial charge < -0.3 is 20.3 Å². The fourth-order valence-corrected chi connectivity index (χ4v) is 7.20. The highest BCUT2D eigenvalue weighted by Gasteiger charge is 2.24. The monoisotopic (exact) mass is 724 g/mol. The van der Waals surface area contributed by atoms with E-state index in [0.29, 0.717) is 19.3 Å². The lowest BCUT2D eigenvalue weighted by Gasteiger charge is -2.24. The first-order chi connectivity index (χ1) is 25.0. The van der Waals surface area contributed by atoms with Gasteiger partial charge in [0.1, 0.15) is 6.10 Å². The van der Waals surface area contributed by atoms with Crippen LogP contribution in [0, 0.1) is 0 Å². The number of aliphatic hydroxyl groups is 2. The van der Waals surface area contributed by atoms with E-state index in [-0.39, 0.29) is 24.9 Å². The molecule has 0 spiro atoms. The fourth-order valence-electron chi connectivity index (χ4n) is 7.20. The Morgan fingerprint density at radius 3 is 1.20 bits per heavy atom. The zero-order chi connectivity index (χ0) is 37.5. The van der Waals surface area contributed by atoms with E-state index in [1.165, 1.54) is 161 Å². The summed E-state index contributed by atoms with van der Waals surface area (Å²) >= 11 is 0. The number of hydrogen-bond donors (Lipinski definition) is 3. The first-order valence-corrected chi connectivity index (χ1v) is 22.8. The third kappa shape index (κ3) is 35.6. The van der Waals surface area contributed by atoms with Crippen molar-refractivity contribution in [2.75, 3.05) is 6.61 Å². The Kier molecular flexibility index (Phi) is 39.2. The van der Waals surface area contributed by atoms with Gasteiger partial charge in [-0.25, -0.2) is 0 Å². The van der Waals surface area contributed by atoms with Crippen molar-refractivity contribution in [3.63, 3.8) is 0 Å². The molecule has 0 aliphatic rings. The average molecular weight is 724 g/mol. The Morgan fingerprint density at radius 2 is 0.824 bits per heavy atom. The molecule has 0 heterocycles. The van der Waals surface area contributed by atoms with Crippen LogP contribution in [0.1, 0.15) is 252 Å². The summed E-state index contributed by atoms with van der Waals surface area (Å²) in [6, 6.07) is -0.689. The smallest absolute Gasteiger partial charge is 0.306 e. The molecule has 0 radical (unpaired) electrons. The van der Waals surface area contributed by atoms with Crippen LogP contribution in [0.4, 0.5) is 0 Å². The van der Waals surface area contributed by atoms with Crippen LogP contribution in [0.5, 0.6) is 0 Å². The molecular weight excluding hydrogens is 634 g/mol. The number of aliphatic hydroxyl groups excluding tert-OH is 2. The molecule has 0 saturated heterocycles. The van der Waals surface area contributed by atoms with Crippen LogP contribution in [0.3, 0.4) is 0 Å². The summed E-state index contributed by atoms with van der Waals surface area (Å²) in [5, 5.41) is 23.6. The molecule has 0 rings (SSSR count). The van der Waals surface area contributed by atoms with Crippen LogP contribution in [0.2, 0.25) is 0 Å². The van der Waals surface area contributed by atoms with Crippen LogP contribution < -0.4 is 5.32 Å². The Bertz CT molecular complexity index is 731. The van der Waals surface area contributed by atoms with Gasteiger partial charge in [-0.05, 0) is 25.7 Å². The number of esters is 1. The highest BCUT2D eigenvalue weighted by molar-refractivity contribution is 5.77. The van der Waals surface area contributed by atoms with E-state index in [1.807, 2.05) is 0 Å².